The average Bonchev–Trinajstić information content (AvgIpc) is 2.29. The van der Waals surface area contributed by atoms with E-state index in [1.165, 1.54) is 38.5 Å². The van der Waals surface area contributed by atoms with Gasteiger partial charge < -0.3 is 0 Å². The van der Waals surface area contributed by atoms with E-state index in [4.69, 9.17) is 0 Å². The zero-order chi connectivity index (χ0) is 8.60. The molecule has 2 saturated carbocycles. The highest BCUT2D eigenvalue weighted by Gasteiger charge is 2.44. The van der Waals surface area contributed by atoms with Gasteiger partial charge in [0.25, 0.3) is 0 Å². The van der Waals surface area contributed by atoms with Crippen molar-refractivity contribution in [2.75, 3.05) is 0 Å². The maximum Gasteiger partial charge on any atom is 0.139 e. The Morgan fingerprint density at radius 2 is 1.92 bits per heavy atom. The first-order chi connectivity index (χ1) is 5.73. The summed E-state index contributed by atoms with van der Waals surface area (Å²) in [4.78, 5) is 11.8. The van der Waals surface area contributed by atoms with Crippen LogP contribution in [0.1, 0.15) is 51.9 Å². The zero-order valence-corrected chi connectivity index (χ0v) is 7.94. The molecule has 0 saturated heterocycles. The minimum atomic E-state index is 0.164. The minimum absolute atomic E-state index is 0.164. The summed E-state index contributed by atoms with van der Waals surface area (Å²) in [6, 6.07) is 0. The molecule has 0 aromatic heterocycles. The van der Waals surface area contributed by atoms with Gasteiger partial charge in [-0.1, -0.05) is 26.2 Å². The molecule has 12 heavy (non-hydrogen) atoms. The van der Waals surface area contributed by atoms with E-state index in [1.54, 1.807) is 0 Å². The minimum Gasteiger partial charge on any atom is -0.299 e. The maximum atomic E-state index is 11.8. The van der Waals surface area contributed by atoms with Crippen molar-refractivity contribution in [2.45, 2.75) is 51.9 Å². The van der Waals surface area contributed by atoms with Crippen LogP contribution in [-0.2, 0) is 4.79 Å². The summed E-state index contributed by atoms with van der Waals surface area (Å²) in [6.07, 6.45) is 8.36. The largest absolute Gasteiger partial charge is 0.299 e. The van der Waals surface area contributed by atoms with Crippen LogP contribution in [0.4, 0.5) is 0 Å². The van der Waals surface area contributed by atoms with Crippen LogP contribution in [0.15, 0.2) is 0 Å². The summed E-state index contributed by atoms with van der Waals surface area (Å²) >= 11 is 0. The highest BCUT2D eigenvalue weighted by atomic mass is 16.1. The van der Waals surface area contributed by atoms with Gasteiger partial charge in [-0.3, -0.25) is 4.79 Å². The lowest BCUT2D eigenvalue weighted by Crippen LogP contribution is -2.28. The van der Waals surface area contributed by atoms with Crippen LogP contribution in [0.2, 0.25) is 0 Å². The second kappa shape index (κ2) is 2.86. The third kappa shape index (κ3) is 1.19. The van der Waals surface area contributed by atoms with E-state index >= 15 is 0 Å². The number of carbonyl (C=O) groups excluding carboxylic acids is 1. The summed E-state index contributed by atoms with van der Waals surface area (Å²) < 4.78 is 0. The molecule has 0 amide bonds. The van der Waals surface area contributed by atoms with Gasteiger partial charge in [-0.15, -0.1) is 0 Å². The molecule has 0 aliphatic heterocycles. The number of carbonyl (C=O) groups is 1. The molecule has 0 aromatic carbocycles. The monoisotopic (exact) mass is 166 g/mol. The average molecular weight is 166 g/mol. The Morgan fingerprint density at radius 1 is 1.25 bits per heavy atom. The molecule has 1 nitrogen and oxygen atoms in total. The van der Waals surface area contributed by atoms with E-state index in [2.05, 4.69) is 6.92 Å². The molecule has 2 aliphatic carbocycles. The molecule has 1 heteroatoms. The molecular formula is C11H18O. The summed E-state index contributed by atoms with van der Waals surface area (Å²) in [5.41, 5.74) is 0.164. The summed E-state index contributed by atoms with van der Waals surface area (Å²) in [5, 5.41) is 0. The summed E-state index contributed by atoms with van der Waals surface area (Å²) in [7, 11) is 0. The Morgan fingerprint density at radius 3 is 2.42 bits per heavy atom. The number of hydrogen-bond acceptors (Lipinski definition) is 1. The van der Waals surface area contributed by atoms with Crippen LogP contribution < -0.4 is 0 Å². The molecule has 2 fully saturated rings. The lowest BCUT2D eigenvalue weighted by atomic mass is 9.72. The van der Waals surface area contributed by atoms with Gasteiger partial charge in [0.05, 0.1) is 0 Å². The van der Waals surface area contributed by atoms with Crippen molar-refractivity contribution in [2.24, 2.45) is 11.3 Å². The highest BCUT2D eigenvalue weighted by Crippen LogP contribution is 2.48. The molecule has 1 spiro atoms. The van der Waals surface area contributed by atoms with Gasteiger partial charge in [0.2, 0.25) is 0 Å². The van der Waals surface area contributed by atoms with E-state index in [9.17, 15) is 4.79 Å². The Balaban J connectivity index is 2.13. The van der Waals surface area contributed by atoms with Gasteiger partial charge in [0, 0.05) is 11.8 Å². The molecule has 1 atom stereocenters. The van der Waals surface area contributed by atoms with Gasteiger partial charge in [0.15, 0.2) is 0 Å². The molecule has 0 heterocycles. The second-order valence-electron chi connectivity index (χ2n) is 4.78. The van der Waals surface area contributed by atoms with Crippen LogP contribution in [0, 0.1) is 11.3 Å². The second-order valence-corrected chi connectivity index (χ2v) is 4.78. The predicted molar refractivity (Wildman–Crippen MR) is 48.9 cm³/mol. The first kappa shape index (κ1) is 8.28. The molecular weight excluding hydrogens is 148 g/mol. The molecule has 2 aliphatic rings. The molecule has 1 unspecified atom stereocenters. The maximum absolute atomic E-state index is 11.8. The Bertz CT molecular complexity index is 189. The van der Waals surface area contributed by atoms with E-state index in [0.29, 0.717) is 11.7 Å². The standard InChI is InChI=1S/C11H18O/c1-9-7-10(12)11(8-9)5-3-2-4-6-11/h9H,2-8H2,1H3. The van der Waals surface area contributed by atoms with Crippen LogP contribution in [0.3, 0.4) is 0 Å². The van der Waals surface area contributed by atoms with Gasteiger partial charge in [0.1, 0.15) is 5.78 Å². The van der Waals surface area contributed by atoms with Crippen LogP contribution >= 0.6 is 0 Å². The smallest absolute Gasteiger partial charge is 0.139 e. The topological polar surface area (TPSA) is 17.1 Å². The molecule has 0 radical (unpaired) electrons. The summed E-state index contributed by atoms with van der Waals surface area (Å²) in [5.74, 6) is 1.24. The SMILES string of the molecule is CC1CC(=O)C2(CCCCC2)C1. The molecule has 68 valence electrons. The Labute approximate surface area is 74.5 Å². The summed E-state index contributed by atoms with van der Waals surface area (Å²) in [6.45, 7) is 2.22. The fourth-order valence-corrected chi connectivity index (χ4v) is 3.10. The van der Waals surface area contributed by atoms with E-state index < -0.39 is 0 Å². The van der Waals surface area contributed by atoms with Crippen molar-refractivity contribution in [3.05, 3.63) is 0 Å². The predicted octanol–water partition coefficient (Wildman–Crippen LogP) is 2.94. The normalized spacial score (nSPS) is 34.4. The third-order valence-corrected chi connectivity index (χ3v) is 3.68. The first-order valence-corrected chi connectivity index (χ1v) is 5.26. The molecule has 0 bridgehead atoms. The number of ketones is 1. The van der Waals surface area contributed by atoms with E-state index in [-0.39, 0.29) is 5.41 Å². The van der Waals surface area contributed by atoms with Crippen molar-refractivity contribution in [3.8, 4) is 0 Å². The molecule has 2 rings (SSSR count). The fourth-order valence-electron chi connectivity index (χ4n) is 3.10. The first-order valence-electron chi connectivity index (χ1n) is 5.26. The van der Waals surface area contributed by atoms with Crippen molar-refractivity contribution in [1.29, 1.82) is 0 Å². The lowest BCUT2D eigenvalue weighted by Gasteiger charge is -2.31. The van der Waals surface area contributed by atoms with E-state index in [1.807, 2.05) is 0 Å². The van der Waals surface area contributed by atoms with Gasteiger partial charge in [-0.2, -0.15) is 0 Å². The fraction of sp³-hybridized carbons (Fsp3) is 0.909. The van der Waals surface area contributed by atoms with Crippen LogP contribution in [-0.4, -0.2) is 5.78 Å². The molecule has 0 N–H and O–H groups in total. The molecule has 0 aromatic rings. The number of hydrogen-bond donors (Lipinski definition) is 0. The van der Waals surface area contributed by atoms with E-state index in [0.717, 1.165) is 6.42 Å². The quantitative estimate of drug-likeness (QED) is 0.540. The van der Waals surface area contributed by atoms with Crippen molar-refractivity contribution in [3.63, 3.8) is 0 Å². The van der Waals surface area contributed by atoms with Crippen LogP contribution in [0.25, 0.3) is 0 Å². The Hall–Kier alpha value is -0.330. The third-order valence-electron chi connectivity index (χ3n) is 3.68. The van der Waals surface area contributed by atoms with Crippen molar-refractivity contribution < 1.29 is 4.79 Å². The number of rotatable bonds is 0. The van der Waals surface area contributed by atoms with Gasteiger partial charge in [-0.05, 0) is 25.2 Å². The van der Waals surface area contributed by atoms with Gasteiger partial charge >= 0.3 is 0 Å². The van der Waals surface area contributed by atoms with Crippen LogP contribution in [0.5, 0.6) is 0 Å². The zero-order valence-electron chi connectivity index (χ0n) is 7.94. The van der Waals surface area contributed by atoms with Crippen molar-refractivity contribution in [1.82, 2.24) is 0 Å². The van der Waals surface area contributed by atoms with Gasteiger partial charge in [-0.25, -0.2) is 0 Å². The van der Waals surface area contributed by atoms with Crippen molar-refractivity contribution >= 4 is 5.78 Å². The highest BCUT2D eigenvalue weighted by molar-refractivity contribution is 5.87. The lowest BCUT2D eigenvalue weighted by molar-refractivity contribution is -0.127. The Kier molecular flexibility index (Phi) is 1.97. The number of Topliss-reactive ketones (excluding diaryl/α,β-unsaturated/α-hetero) is 1.